The van der Waals surface area contributed by atoms with Crippen molar-refractivity contribution < 1.29 is 4.79 Å². The first-order valence-corrected chi connectivity index (χ1v) is 4.95. The molecule has 4 heteroatoms. The molecular weight excluding hydrogens is 166 g/mol. The van der Waals surface area contributed by atoms with Gasteiger partial charge in [0.1, 0.15) is 0 Å². The van der Waals surface area contributed by atoms with Gasteiger partial charge in [-0.1, -0.05) is 0 Å². The van der Waals surface area contributed by atoms with Crippen LogP contribution in [0.2, 0.25) is 0 Å². The molecule has 2 amide bonds. The Morgan fingerprint density at radius 1 is 1.62 bits per heavy atom. The maximum absolute atomic E-state index is 10.6. The van der Waals surface area contributed by atoms with Crippen molar-refractivity contribution in [1.29, 1.82) is 0 Å². The Morgan fingerprint density at radius 2 is 2.23 bits per heavy atom. The molecule has 0 saturated carbocycles. The lowest BCUT2D eigenvalue weighted by molar-refractivity contribution is 0.241. The molecule has 0 aromatic heterocycles. The number of rotatable bonds is 3. The lowest BCUT2D eigenvalue weighted by Crippen LogP contribution is -2.39. The minimum Gasteiger partial charge on any atom is -0.352 e. The van der Waals surface area contributed by atoms with Gasteiger partial charge in [0.15, 0.2) is 0 Å². The van der Waals surface area contributed by atoms with Crippen LogP contribution in [0, 0.1) is 5.92 Å². The van der Waals surface area contributed by atoms with Crippen molar-refractivity contribution in [3.8, 4) is 0 Å². The standard InChI is InChI=1S/C9H19N3O/c1-7(12-9(10)13)6-8-2-4-11-5-3-8/h7-8,11H,2-6H2,1H3,(H3,10,12,13). The van der Waals surface area contributed by atoms with Crippen LogP contribution in [0.4, 0.5) is 4.79 Å². The molecule has 0 aromatic rings. The van der Waals surface area contributed by atoms with E-state index in [2.05, 4.69) is 10.6 Å². The second-order valence-electron chi connectivity index (χ2n) is 3.84. The van der Waals surface area contributed by atoms with E-state index >= 15 is 0 Å². The van der Waals surface area contributed by atoms with Gasteiger partial charge in [0.25, 0.3) is 0 Å². The van der Waals surface area contributed by atoms with Crippen molar-refractivity contribution in [2.24, 2.45) is 11.7 Å². The van der Waals surface area contributed by atoms with E-state index in [9.17, 15) is 4.79 Å². The van der Waals surface area contributed by atoms with Gasteiger partial charge in [-0.3, -0.25) is 0 Å². The van der Waals surface area contributed by atoms with Crippen molar-refractivity contribution in [3.63, 3.8) is 0 Å². The molecule has 1 aliphatic rings. The molecule has 1 atom stereocenters. The maximum atomic E-state index is 10.6. The molecule has 1 unspecified atom stereocenters. The normalized spacial score (nSPS) is 21.0. The molecule has 0 aliphatic carbocycles. The molecule has 0 radical (unpaired) electrons. The van der Waals surface area contributed by atoms with E-state index in [1.54, 1.807) is 0 Å². The number of piperidine rings is 1. The SMILES string of the molecule is CC(CC1CCNCC1)NC(N)=O. The predicted molar refractivity (Wildman–Crippen MR) is 52.4 cm³/mol. The topological polar surface area (TPSA) is 67.2 Å². The van der Waals surface area contributed by atoms with E-state index in [1.165, 1.54) is 12.8 Å². The summed E-state index contributed by atoms with van der Waals surface area (Å²) in [6.07, 6.45) is 3.47. The zero-order chi connectivity index (χ0) is 9.68. The molecule has 4 N–H and O–H groups in total. The van der Waals surface area contributed by atoms with Gasteiger partial charge in [-0.05, 0) is 45.2 Å². The number of primary amides is 1. The van der Waals surface area contributed by atoms with Gasteiger partial charge in [-0.15, -0.1) is 0 Å². The van der Waals surface area contributed by atoms with E-state index in [0.717, 1.165) is 25.4 Å². The Morgan fingerprint density at radius 3 is 2.77 bits per heavy atom. The summed E-state index contributed by atoms with van der Waals surface area (Å²) >= 11 is 0. The largest absolute Gasteiger partial charge is 0.352 e. The first-order valence-electron chi connectivity index (χ1n) is 4.95. The Bertz CT molecular complexity index is 166. The summed E-state index contributed by atoms with van der Waals surface area (Å²) in [4.78, 5) is 10.6. The van der Waals surface area contributed by atoms with Crippen LogP contribution in [0.5, 0.6) is 0 Å². The molecule has 1 saturated heterocycles. The third kappa shape index (κ3) is 4.12. The average molecular weight is 185 g/mol. The van der Waals surface area contributed by atoms with Crippen LogP contribution in [0.15, 0.2) is 0 Å². The van der Waals surface area contributed by atoms with E-state index < -0.39 is 6.03 Å². The summed E-state index contributed by atoms with van der Waals surface area (Å²) < 4.78 is 0. The third-order valence-corrected chi connectivity index (χ3v) is 2.53. The van der Waals surface area contributed by atoms with Crippen LogP contribution in [0.25, 0.3) is 0 Å². The van der Waals surface area contributed by atoms with Crippen molar-refractivity contribution in [2.45, 2.75) is 32.2 Å². The van der Waals surface area contributed by atoms with Crippen LogP contribution in [-0.4, -0.2) is 25.2 Å². The lowest BCUT2D eigenvalue weighted by Gasteiger charge is -2.25. The van der Waals surface area contributed by atoms with E-state index in [1.807, 2.05) is 6.92 Å². The second kappa shape index (κ2) is 5.07. The van der Waals surface area contributed by atoms with Crippen LogP contribution in [0.3, 0.4) is 0 Å². The van der Waals surface area contributed by atoms with Crippen LogP contribution >= 0.6 is 0 Å². The Balaban J connectivity index is 2.18. The fourth-order valence-corrected chi connectivity index (χ4v) is 1.92. The van der Waals surface area contributed by atoms with Crippen molar-refractivity contribution >= 4 is 6.03 Å². The molecular formula is C9H19N3O. The Hall–Kier alpha value is -0.770. The summed E-state index contributed by atoms with van der Waals surface area (Å²) in [5.41, 5.74) is 5.04. The number of carbonyl (C=O) groups is 1. The van der Waals surface area contributed by atoms with Gasteiger partial charge in [0, 0.05) is 6.04 Å². The number of carbonyl (C=O) groups excluding carboxylic acids is 1. The maximum Gasteiger partial charge on any atom is 0.312 e. The van der Waals surface area contributed by atoms with Crippen LogP contribution in [-0.2, 0) is 0 Å². The van der Waals surface area contributed by atoms with E-state index in [0.29, 0.717) is 0 Å². The average Bonchev–Trinajstić information content (AvgIpc) is 2.04. The number of nitrogens with two attached hydrogens (primary N) is 1. The van der Waals surface area contributed by atoms with Crippen LogP contribution in [0.1, 0.15) is 26.2 Å². The first-order chi connectivity index (χ1) is 6.18. The van der Waals surface area contributed by atoms with Gasteiger partial charge in [0.05, 0.1) is 0 Å². The van der Waals surface area contributed by atoms with Crippen molar-refractivity contribution in [3.05, 3.63) is 0 Å². The number of urea groups is 1. The summed E-state index contributed by atoms with van der Waals surface area (Å²) in [6, 6.07) is -0.206. The zero-order valence-corrected chi connectivity index (χ0v) is 8.18. The zero-order valence-electron chi connectivity index (χ0n) is 8.18. The highest BCUT2D eigenvalue weighted by atomic mass is 16.2. The third-order valence-electron chi connectivity index (χ3n) is 2.53. The smallest absolute Gasteiger partial charge is 0.312 e. The first kappa shape index (κ1) is 10.3. The van der Waals surface area contributed by atoms with Crippen molar-refractivity contribution in [1.82, 2.24) is 10.6 Å². The molecule has 1 rings (SSSR count). The van der Waals surface area contributed by atoms with E-state index in [-0.39, 0.29) is 6.04 Å². The highest BCUT2D eigenvalue weighted by molar-refractivity contribution is 5.71. The molecule has 76 valence electrons. The molecule has 1 fully saturated rings. The highest BCUT2D eigenvalue weighted by Gasteiger charge is 2.16. The second-order valence-corrected chi connectivity index (χ2v) is 3.84. The monoisotopic (exact) mass is 185 g/mol. The predicted octanol–water partition coefficient (Wildman–Crippen LogP) is 0.433. The van der Waals surface area contributed by atoms with Gasteiger partial charge in [-0.25, -0.2) is 4.79 Å². The minimum absolute atomic E-state index is 0.209. The van der Waals surface area contributed by atoms with E-state index in [4.69, 9.17) is 5.73 Å². The number of hydrogen-bond acceptors (Lipinski definition) is 2. The molecule has 1 heterocycles. The summed E-state index contributed by atoms with van der Waals surface area (Å²) in [5.74, 6) is 0.739. The summed E-state index contributed by atoms with van der Waals surface area (Å²) in [7, 11) is 0. The fourth-order valence-electron chi connectivity index (χ4n) is 1.92. The molecule has 13 heavy (non-hydrogen) atoms. The quantitative estimate of drug-likeness (QED) is 0.597. The summed E-state index contributed by atoms with van der Waals surface area (Å²) in [6.45, 7) is 4.22. The lowest BCUT2D eigenvalue weighted by atomic mass is 9.92. The molecule has 4 nitrogen and oxygen atoms in total. The fraction of sp³-hybridized carbons (Fsp3) is 0.889. The Kier molecular flexibility index (Phi) is 4.02. The highest BCUT2D eigenvalue weighted by Crippen LogP contribution is 2.17. The van der Waals surface area contributed by atoms with Crippen LogP contribution < -0.4 is 16.4 Å². The molecule has 0 bridgehead atoms. The molecule has 0 spiro atoms. The number of hydrogen-bond donors (Lipinski definition) is 3. The van der Waals surface area contributed by atoms with Gasteiger partial charge >= 0.3 is 6.03 Å². The number of amides is 2. The van der Waals surface area contributed by atoms with Crippen molar-refractivity contribution in [2.75, 3.05) is 13.1 Å². The van der Waals surface area contributed by atoms with Gasteiger partial charge in [-0.2, -0.15) is 0 Å². The minimum atomic E-state index is -0.415. The number of nitrogens with one attached hydrogen (secondary N) is 2. The Labute approximate surface area is 79.3 Å². The molecule has 1 aliphatic heterocycles. The van der Waals surface area contributed by atoms with Gasteiger partial charge < -0.3 is 16.4 Å². The molecule has 0 aromatic carbocycles. The van der Waals surface area contributed by atoms with Gasteiger partial charge in [0.2, 0.25) is 0 Å². The summed E-state index contributed by atoms with van der Waals surface area (Å²) in [5, 5.41) is 6.03.